The highest BCUT2D eigenvalue weighted by atomic mass is 32.1. The quantitative estimate of drug-likeness (QED) is 0.730. The molecule has 0 spiro atoms. The molecule has 0 aliphatic heterocycles. The van der Waals surface area contributed by atoms with Crippen LogP contribution in [0.5, 0.6) is 0 Å². The highest BCUT2D eigenvalue weighted by Crippen LogP contribution is 2.31. The summed E-state index contributed by atoms with van der Waals surface area (Å²) in [6, 6.07) is 5.98. The second kappa shape index (κ2) is 4.71. The van der Waals surface area contributed by atoms with Crippen LogP contribution in [0, 0.1) is 5.92 Å². The average Bonchev–Trinajstić information content (AvgIpc) is 3.03. The van der Waals surface area contributed by atoms with Crippen molar-refractivity contribution in [3.63, 3.8) is 0 Å². The van der Waals surface area contributed by atoms with Gasteiger partial charge >= 0.3 is 0 Å². The number of ether oxygens (including phenoxy) is 1. The molecule has 0 bridgehead atoms. The van der Waals surface area contributed by atoms with Crippen molar-refractivity contribution in [1.29, 1.82) is 0 Å². The van der Waals surface area contributed by atoms with E-state index >= 15 is 0 Å². The van der Waals surface area contributed by atoms with Crippen molar-refractivity contribution in [2.45, 2.75) is 26.2 Å². The second-order valence-electron chi connectivity index (χ2n) is 3.88. The average molecular weight is 221 g/mol. The van der Waals surface area contributed by atoms with Crippen molar-refractivity contribution in [3.8, 4) is 0 Å². The molecular weight excluding hydrogens is 206 g/mol. The van der Waals surface area contributed by atoms with Crippen LogP contribution in [-0.4, -0.2) is 16.6 Å². The summed E-state index contributed by atoms with van der Waals surface area (Å²) in [4.78, 5) is 4.51. The maximum atomic E-state index is 5.27. The molecule has 15 heavy (non-hydrogen) atoms. The van der Waals surface area contributed by atoms with Crippen LogP contribution in [0.2, 0.25) is 0 Å². The maximum Gasteiger partial charge on any atom is 0.210 e. The van der Waals surface area contributed by atoms with Crippen LogP contribution in [-0.2, 0) is 11.2 Å². The molecule has 1 aliphatic rings. The molecule has 0 aromatic carbocycles. The standard InChI is InChI=1S/C12H15NOS/c1-2-14-12(15)11-5-3-4-10(13-11)8-9-6-7-9/h3-5,9H,2,6-8H2,1H3. The first kappa shape index (κ1) is 10.6. The summed E-state index contributed by atoms with van der Waals surface area (Å²) in [6.45, 7) is 2.54. The normalized spacial score (nSPS) is 15.0. The van der Waals surface area contributed by atoms with Gasteiger partial charge in [-0.3, -0.25) is 0 Å². The highest BCUT2D eigenvalue weighted by Gasteiger charge is 2.22. The van der Waals surface area contributed by atoms with E-state index in [4.69, 9.17) is 17.0 Å². The summed E-state index contributed by atoms with van der Waals surface area (Å²) in [5.41, 5.74) is 1.93. The predicted octanol–water partition coefficient (Wildman–Crippen LogP) is 2.75. The van der Waals surface area contributed by atoms with Crippen molar-refractivity contribution < 1.29 is 4.74 Å². The van der Waals surface area contributed by atoms with E-state index in [-0.39, 0.29) is 0 Å². The topological polar surface area (TPSA) is 22.1 Å². The molecule has 0 amide bonds. The van der Waals surface area contributed by atoms with Crippen molar-refractivity contribution in [2.24, 2.45) is 5.92 Å². The molecule has 80 valence electrons. The van der Waals surface area contributed by atoms with Gasteiger partial charge in [0.15, 0.2) is 0 Å². The smallest absolute Gasteiger partial charge is 0.210 e. The number of hydrogen-bond acceptors (Lipinski definition) is 3. The third-order valence-corrected chi connectivity index (χ3v) is 2.81. The monoisotopic (exact) mass is 221 g/mol. The Hall–Kier alpha value is -0.960. The first-order valence-corrected chi connectivity index (χ1v) is 5.83. The summed E-state index contributed by atoms with van der Waals surface area (Å²) >= 11 is 5.12. The SMILES string of the molecule is CCOC(=S)c1cccc(CC2CC2)n1. The zero-order valence-corrected chi connectivity index (χ0v) is 9.72. The lowest BCUT2D eigenvalue weighted by molar-refractivity contribution is 0.336. The fraction of sp³-hybridized carbons (Fsp3) is 0.500. The van der Waals surface area contributed by atoms with Crippen LogP contribution in [0.3, 0.4) is 0 Å². The molecule has 1 aromatic heterocycles. The third kappa shape index (κ3) is 2.99. The van der Waals surface area contributed by atoms with E-state index in [0.29, 0.717) is 11.7 Å². The minimum atomic E-state index is 0.509. The van der Waals surface area contributed by atoms with Gasteiger partial charge in [-0.25, -0.2) is 4.98 Å². The van der Waals surface area contributed by atoms with Crippen LogP contribution in [0.15, 0.2) is 18.2 Å². The number of hydrogen-bond donors (Lipinski definition) is 0. The van der Waals surface area contributed by atoms with Crippen LogP contribution in [0.1, 0.15) is 31.2 Å². The zero-order chi connectivity index (χ0) is 10.7. The molecule has 1 saturated carbocycles. The van der Waals surface area contributed by atoms with Crippen LogP contribution < -0.4 is 0 Å². The Kier molecular flexibility index (Phi) is 3.31. The lowest BCUT2D eigenvalue weighted by Crippen LogP contribution is -2.07. The van der Waals surface area contributed by atoms with Crippen LogP contribution >= 0.6 is 12.2 Å². The van der Waals surface area contributed by atoms with Crippen LogP contribution in [0.25, 0.3) is 0 Å². The largest absolute Gasteiger partial charge is 0.482 e. The molecule has 2 nitrogen and oxygen atoms in total. The Bertz CT molecular complexity index is 360. The summed E-state index contributed by atoms with van der Waals surface area (Å²) < 4.78 is 5.27. The van der Waals surface area contributed by atoms with Crippen molar-refractivity contribution >= 4 is 17.3 Å². The first-order chi connectivity index (χ1) is 7.29. The molecule has 0 atom stereocenters. The van der Waals surface area contributed by atoms with E-state index in [1.807, 2.05) is 19.1 Å². The van der Waals surface area contributed by atoms with Gasteiger partial charge in [0.2, 0.25) is 5.05 Å². The fourth-order valence-electron chi connectivity index (χ4n) is 1.53. The minimum absolute atomic E-state index is 0.509. The number of nitrogens with zero attached hydrogens (tertiary/aromatic N) is 1. The molecular formula is C12H15NOS. The molecule has 1 heterocycles. The maximum absolute atomic E-state index is 5.27. The van der Waals surface area contributed by atoms with E-state index in [9.17, 15) is 0 Å². The second-order valence-corrected chi connectivity index (χ2v) is 4.25. The van der Waals surface area contributed by atoms with Gasteiger partial charge in [0.05, 0.1) is 6.61 Å². The molecule has 1 aromatic rings. The number of aromatic nitrogens is 1. The molecule has 0 radical (unpaired) electrons. The number of thiocarbonyl (C=S) groups is 1. The summed E-state index contributed by atoms with van der Waals surface area (Å²) in [6.07, 6.45) is 3.78. The van der Waals surface area contributed by atoms with Gasteiger partial charge in [0, 0.05) is 5.69 Å². The third-order valence-electron chi connectivity index (χ3n) is 2.49. The Morgan fingerprint density at radius 3 is 3.00 bits per heavy atom. The number of pyridine rings is 1. The van der Waals surface area contributed by atoms with Gasteiger partial charge in [-0.2, -0.15) is 0 Å². The van der Waals surface area contributed by atoms with Gasteiger partial charge in [-0.05, 0) is 56.5 Å². The predicted molar refractivity (Wildman–Crippen MR) is 64.0 cm³/mol. The molecule has 0 saturated heterocycles. The van der Waals surface area contributed by atoms with E-state index in [1.54, 1.807) is 0 Å². The molecule has 1 fully saturated rings. The van der Waals surface area contributed by atoms with Gasteiger partial charge < -0.3 is 4.74 Å². The summed E-state index contributed by atoms with van der Waals surface area (Å²) in [5, 5.41) is 0.509. The van der Waals surface area contributed by atoms with E-state index in [2.05, 4.69) is 11.1 Å². The summed E-state index contributed by atoms with van der Waals surface area (Å²) in [5.74, 6) is 0.855. The van der Waals surface area contributed by atoms with Crippen LogP contribution in [0.4, 0.5) is 0 Å². The molecule has 2 rings (SSSR count). The first-order valence-electron chi connectivity index (χ1n) is 5.42. The van der Waals surface area contributed by atoms with Gasteiger partial charge in [-0.15, -0.1) is 0 Å². The fourth-order valence-corrected chi connectivity index (χ4v) is 1.76. The lowest BCUT2D eigenvalue weighted by atomic mass is 10.2. The van der Waals surface area contributed by atoms with Gasteiger partial charge in [-0.1, -0.05) is 6.07 Å². The Morgan fingerprint density at radius 1 is 1.53 bits per heavy atom. The van der Waals surface area contributed by atoms with Crippen molar-refractivity contribution in [2.75, 3.05) is 6.61 Å². The Balaban J connectivity index is 2.06. The molecule has 1 aliphatic carbocycles. The van der Waals surface area contributed by atoms with Crippen molar-refractivity contribution in [1.82, 2.24) is 4.98 Å². The molecule has 0 N–H and O–H groups in total. The Labute approximate surface area is 95.7 Å². The van der Waals surface area contributed by atoms with Gasteiger partial charge in [0.1, 0.15) is 5.69 Å². The molecule has 0 unspecified atom stereocenters. The lowest BCUT2D eigenvalue weighted by Gasteiger charge is -2.05. The summed E-state index contributed by atoms with van der Waals surface area (Å²) in [7, 11) is 0. The van der Waals surface area contributed by atoms with E-state index in [0.717, 1.165) is 23.7 Å². The van der Waals surface area contributed by atoms with Crippen molar-refractivity contribution in [3.05, 3.63) is 29.6 Å². The van der Waals surface area contributed by atoms with Gasteiger partial charge in [0.25, 0.3) is 0 Å². The highest BCUT2D eigenvalue weighted by molar-refractivity contribution is 7.80. The number of rotatable bonds is 4. The zero-order valence-electron chi connectivity index (χ0n) is 8.90. The minimum Gasteiger partial charge on any atom is -0.482 e. The van der Waals surface area contributed by atoms with E-state index in [1.165, 1.54) is 12.8 Å². The molecule has 3 heteroatoms. The Morgan fingerprint density at radius 2 is 2.33 bits per heavy atom. The van der Waals surface area contributed by atoms with E-state index < -0.39 is 0 Å².